The summed E-state index contributed by atoms with van der Waals surface area (Å²) < 4.78 is 31.6. The highest BCUT2D eigenvalue weighted by Crippen LogP contribution is 2.25. The van der Waals surface area contributed by atoms with Gasteiger partial charge in [0.05, 0.1) is 7.11 Å². The van der Waals surface area contributed by atoms with Crippen molar-refractivity contribution in [3.8, 4) is 5.75 Å². The van der Waals surface area contributed by atoms with Gasteiger partial charge in [-0.2, -0.15) is 0 Å². The van der Waals surface area contributed by atoms with Crippen molar-refractivity contribution in [2.24, 2.45) is 0 Å². The van der Waals surface area contributed by atoms with Crippen molar-refractivity contribution in [3.05, 3.63) is 64.7 Å². The average Bonchev–Trinajstić information content (AvgIpc) is 2.49. The van der Waals surface area contributed by atoms with E-state index in [4.69, 9.17) is 4.74 Å². The van der Waals surface area contributed by atoms with Gasteiger partial charge >= 0.3 is 0 Å². The summed E-state index contributed by atoms with van der Waals surface area (Å²) in [5.74, 6) is -0.821. The Labute approximate surface area is 123 Å². The third-order valence-corrected chi connectivity index (χ3v) is 3.61. The van der Waals surface area contributed by atoms with E-state index in [1.165, 1.54) is 6.07 Å². The van der Waals surface area contributed by atoms with E-state index in [1.807, 2.05) is 32.2 Å². The zero-order valence-electron chi connectivity index (χ0n) is 12.4. The van der Waals surface area contributed by atoms with Crippen LogP contribution in [0.4, 0.5) is 8.78 Å². The Morgan fingerprint density at radius 3 is 2.48 bits per heavy atom. The molecule has 2 nitrogen and oxygen atoms in total. The highest BCUT2D eigenvalue weighted by molar-refractivity contribution is 5.38. The molecule has 112 valence electrons. The van der Waals surface area contributed by atoms with E-state index in [2.05, 4.69) is 5.32 Å². The van der Waals surface area contributed by atoms with Crippen molar-refractivity contribution in [3.63, 3.8) is 0 Å². The van der Waals surface area contributed by atoms with Crippen molar-refractivity contribution in [1.29, 1.82) is 0 Å². The lowest BCUT2D eigenvalue weighted by Gasteiger charge is -2.18. The molecule has 21 heavy (non-hydrogen) atoms. The number of likely N-dealkylation sites (N-methyl/N-ethyl adjacent to an activating group) is 1. The normalized spacial score (nSPS) is 12.2. The van der Waals surface area contributed by atoms with Crippen molar-refractivity contribution in [2.75, 3.05) is 14.2 Å². The fourth-order valence-electron chi connectivity index (χ4n) is 2.34. The van der Waals surface area contributed by atoms with Gasteiger partial charge in [-0.15, -0.1) is 0 Å². The van der Waals surface area contributed by atoms with Crippen molar-refractivity contribution >= 4 is 0 Å². The van der Waals surface area contributed by atoms with Crippen LogP contribution in [0.3, 0.4) is 0 Å². The zero-order valence-corrected chi connectivity index (χ0v) is 12.4. The van der Waals surface area contributed by atoms with Gasteiger partial charge in [-0.25, -0.2) is 8.78 Å². The zero-order chi connectivity index (χ0) is 15.4. The van der Waals surface area contributed by atoms with E-state index < -0.39 is 11.6 Å². The molecule has 0 bridgehead atoms. The molecule has 1 atom stereocenters. The maximum absolute atomic E-state index is 13.3. The van der Waals surface area contributed by atoms with Crippen molar-refractivity contribution in [1.82, 2.24) is 5.32 Å². The van der Waals surface area contributed by atoms with Crippen LogP contribution >= 0.6 is 0 Å². The highest BCUT2D eigenvalue weighted by Gasteiger charge is 2.13. The van der Waals surface area contributed by atoms with Crippen LogP contribution in [0, 0.1) is 18.6 Å². The van der Waals surface area contributed by atoms with Crippen LogP contribution < -0.4 is 10.1 Å². The summed E-state index contributed by atoms with van der Waals surface area (Å²) in [4.78, 5) is 0. The first kappa shape index (κ1) is 15.4. The predicted molar refractivity (Wildman–Crippen MR) is 79.6 cm³/mol. The number of hydrogen-bond acceptors (Lipinski definition) is 2. The average molecular weight is 291 g/mol. The van der Waals surface area contributed by atoms with Crippen LogP contribution in [0.5, 0.6) is 5.75 Å². The van der Waals surface area contributed by atoms with E-state index >= 15 is 0 Å². The number of benzene rings is 2. The molecule has 2 aromatic rings. The van der Waals surface area contributed by atoms with E-state index in [1.54, 1.807) is 13.2 Å². The van der Waals surface area contributed by atoms with Gasteiger partial charge in [-0.3, -0.25) is 0 Å². The summed E-state index contributed by atoms with van der Waals surface area (Å²) in [7, 11) is 3.48. The molecule has 4 heteroatoms. The molecule has 0 spiro atoms. The standard InChI is InChI=1S/C17H19F2NO/c1-11-4-6-13(10-17(11)21-3)16(20-2)9-12-5-7-14(18)15(19)8-12/h4-8,10,16,20H,9H2,1-3H3. The molecule has 2 aromatic carbocycles. The maximum atomic E-state index is 13.3. The molecule has 0 amide bonds. The van der Waals surface area contributed by atoms with E-state index in [-0.39, 0.29) is 6.04 Å². The quantitative estimate of drug-likeness (QED) is 0.905. The molecule has 0 fully saturated rings. The molecule has 0 aliphatic carbocycles. The number of halogens is 2. The van der Waals surface area contributed by atoms with Crippen LogP contribution in [-0.4, -0.2) is 14.2 Å². The molecule has 0 saturated carbocycles. The van der Waals surface area contributed by atoms with Crippen LogP contribution in [0.25, 0.3) is 0 Å². The Bertz CT molecular complexity index is 628. The van der Waals surface area contributed by atoms with Gasteiger partial charge in [0.2, 0.25) is 0 Å². The van der Waals surface area contributed by atoms with Gasteiger partial charge in [-0.05, 0) is 55.3 Å². The Morgan fingerprint density at radius 2 is 1.86 bits per heavy atom. The molecule has 1 N–H and O–H groups in total. The minimum Gasteiger partial charge on any atom is -0.496 e. The van der Waals surface area contributed by atoms with Gasteiger partial charge < -0.3 is 10.1 Å². The summed E-state index contributed by atoms with van der Waals surface area (Å²) >= 11 is 0. The van der Waals surface area contributed by atoms with Gasteiger partial charge in [0.1, 0.15) is 5.75 Å². The minimum absolute atomic E-state index is 0.00404. The van der Waals surface area contributed by atoms with Gasteiger partial charge in [0.25, 0.3) is 0 Å². The lowest BCUT2D eigenvalue weighted by Crippen LogP contribution is -2.19. The predicted octanol–water partition coefficient (Wildman–Crippen LogP) is 3.79. The van der Waals surface area contributed by atoms with Gasteiger partial charge in [0.15, 0.2) is 11.6 Å². The second kappa shape index (κ2) is 6.68. The molecule has 0 saturated heterocycles. The first-order chi connectivity index (χ1) is 10.0. The van der Waals surface area contributed by atoms with E-state index in [0.717, 1.165) is 28.5 Å². The molecule has 0 radical (unpaired) electrons. The molecule has 0 aliphatic rings. The Kier molecular flexibility index (Phi) is 4.91. The smallest absolute Gasteiger partial charge is 0.159 e. The SMILES string of the molecule is CNC(Cc1ccc(F)c(F)c1)c1ccc(C)c(OC)c1. The number of ether oxygens (including phenoxy) is 1. The first-order valence-corrected chi connectivity index (χ1v) is 6.81. The molecule has 0 aromatic heterocycles. The van der Waals surface area contributed by atoms with E-state index in [0.29, 0.717) is 6.42 Å². The van der Waals surface area contributed by atoms with Crippen LogP contribution in [-0.2, 0) is 6.42 Å². The Morgan fingerprint density at radius 1 is 1.10 bits per heavy atom. The summed E-state index contributed by atoms with van der Waals surface area (Å²) in [5, 5.41) is 3.20. The van der Waals surface area contributed by atoms with Crippen molar-refractivity contribution in [2.45, 2.75) is 19.4 Å². The topological polar surface area (TPSA) is 21.3 Å². The van der Waals surface area contributed by atoms with Gasteiger partial charge in [-0.1, -0.05) is 18.2 Å². The van der Waals surface area contributed by atoms with Crippen molar-refractivity contribution < 1.29 is 13.5 Å². The summed E-state index contributed by atoms with van der Waals surface area (Å²) in [6.45, 7) is 1.98. The first-order valence-electron chi connectivity index (χ1n) is 6.81. The van der Waals surface area contributed by atoms with E-state index in [9.17, 15) is 8.78 Å². The molecule has 0 aliphatic heterocycles. The number of rotatable bonds is 5. The monoisotopic (exact) mass is 291 g/mol. The summed E-state index contributed by atoms with van der Waals surface area (Å²) in [6, 6.07) is 9.98. The summed E-state index contributed by atoms with van der Waals surface area (Å²) in [5.41, 5.74) is 2.85. The largest absolute Gasteiger partial charge is 0.496 e. The number of aryl methyl sites for hydroxylation is 1. The Hall–Kier alpha value is -1.94. The third-order valence-electron chi connectivity index (χ3n) is 3.61. The van der Waals surface area contributed by atoms with Gasteiger partial charge in [0, 0.05) is 6.04 Å². The molecular formula is C17H19F2NO. The number of nitrogens with one attached hydrogen (secondary N) is 1. The fraction of sp³-hybridized carbons (Fsp3) is 0.294. The summed E-state index contributed by atoms with van der Waals surface area (Å²) in [6.07, 6.45) is 0.569. The number of methoxy groups -OCH3 is 1. The highest BCUT2D eigenvalue weighted by atomic mass is 19.2. The maximum Gasteiger partial charge on any atom is 0.159 e. The van der Waals surface area contributed by atoms with Crippen LogP contribution in [0.1, 0.15) is 22.7 Å². The molecular weight excluding hydrogens is 272 g/mol. The second-order valence-corrected chi connectivity index (χ2v) is 5.02. The molecule has 0 heterocycles. The lowest BCUT2D eigenvalue weighted by atomic mass is 9.97. The molecule has 2 rings (SSSR count). The van der Waals surface area contributed by atoms with Crippen LogP contribution in [0.2, 0.25) is 0 Å². The minimum atomic E-state index is -0.822. The molecule has 1 unspecified atom stereocenters. The van der Waals surface area contributed by atoms with Crippen LogP contribution in [0.15, 0.2) is 36.4 Å². The second-order valence-electron chi connectivity index (χ2n) is 5.02. The lowest BCUT2D eigenvalue weighted by molar-refractivity contribution is 0.410. The Balaban J connectivity index is 2.25. The third kappa shape index (κ3) is 3.58. The fourth-order valence-corrected chi connectivity index (χ4v) is 2.34. The number of hydrogen-bond donors (Lipinski definition) is 1.